The lowest BCUT2D eigenvalue weighted by molar-refractivity contribution is -0.143. The van der Waals surface area contributed by atoms with E-state index in [0.29, 0.717) is 24.4 Å². The number of carbonyl (C=O) groups is 4. The quantitative estimate of drug-likeness (QED) is 0.320. The van der Waals surface area contributed by atoms with Gasteiger partial charge in [0, 0.05) is 23.4 Å². The van der Waals surface area contributed by atoms with E-state index in [1.165, 1.54) is 0 Å². The number of hydrogen-bond donors (Lipinski definition) is 4. The fourth-order valence-corrected chi connectivity index (χ4v) is 6.52. The van der Waals surface area contributed by atoms with Crippen LogP contribution in [-0.2, 0) is 25.5 Å². The van der Waals surface area contributed by atoms with Crippen LogP contribution in [0.4, 0.5) is 4.79 Å². The summed E-state index contributed by atoms with van der Waals surface area (Å²) in [5, 5.41) is 18.5. The van der Waals surface area contributed by atoms with Gasteiger partial charge in [0.1, 0.15) is 18.2 Å². The Labute approximate surface area is 234 Å². The average Bonchev–Trinajstić information content (AvgIpc) is 3.51. The fraction of sp³-hybridized carbons (Fsp3) is 0.655. The van der Waals surface area contributed by atoms with Gasteiger partial charge in [0.05, 0.1) is 0 Å². The third-order valence-electron chi connectivity index (χ3n) is 8.43. The summed E-state index contributed by atoms with van der Waals surface area (Å²) in [4.78, 5) is 50.3. The molecule has 0 radical (unpaired) electrons. The maximum absolute atomic E-state index is 13.3. The normalized spacial score (nSPS) is 24.9. The van der Waals surface area contributed by atoms with Crippen LogP contribution < -0.4 is 16.0 Å². The van der Waals surface area contributed by atoms with Crippen molar-refractivity contribution in [3.63, 3.8) is 0 Å². The van der Waals surface area contributed by atoms with Crippen molar-refractivity contribution in [3.05, 3.63) is 34.9 Å². The van der Waals surface area contributed by atoms with Crippen LogP contribution in [0.25, 0.3) is 0 Å². The number of carboxylic acid groups (broad SMARTS) is 1. The van der Waals surface area contributed by atoms with E-state index in [9.17, 15) is 24.3 Å². The predicted molar refractivity (Wildman–Crippen MR) is 146 cm³/mol. The van der Waals surface area contributed by atoms with Gasteiger partial charge in [0.15, 0.2) is 0 Å². The number of rotatable bonds is 11. The molecule has 3 amide bonds. The smallest absolute Gasteiger partial charge is 0.408 e. The summed E-state index contributed by atoms with van der Waals surface area (Å²) >= 11 is 6.14. The first-order valence-electron chi connectivity index (χ1n) is 14.3. The highest BCUT2D eigenvalue weighted by Gasteiger charge is 2.35. The van der Waals surface area contributed by atoms with Gasteiger partial charge in [-0.25, -0.2) is 9.59 Å². The maximum atomic E-state index is 13.3. The Morgan fingerprint density at radius 3 is 2.49 bits per heavy atom. The van der Waals surface area contributed by atoms with Crippen molar-refractivity contribution in [2.45, 2.75) is 95.2 Å². The van der Waals surface area contributed by atoms with E-state index in [-0.39, 0.29) is 30.3 Å². The molecule has 39 heavy (non-hydrogen) atoms. The van der Waals surface area contributed by atoms with Crippen molar-refractivity contribution in [3.8, 4) is 0 Å². The Morgan fingerprint density at radius 2 is 1.79 bits per heavy atom. The van der Waals surface area contributed by atoms with Crippen LogP contribution >= 0.6 is 11.6 Å². The molecular weight excluding hydrogens is 522 g/mol. The molecule has 9 nitrogen and oxygen atoms in total. The molecule has 2 aliphatic carbocycles. The summed E-state index contributed by atoms with van der Waals surface area (Å²) < 4.78 is 5.84. The van der Waals surface area contributed by atoms with Crippen molar-refractivity contribution in [2.75, 3.05) is 6.54 Å². The zero-order valence-electron chi connectivity index (χ0n) is 22.3. The lowest BCUT2D eigenvalue weighted by atomic mass is 9.84. The van der Waals surface area contributed by atoms with E-state index >= 15 is 0 Å². The number of alkyl carbamates (subject to hydrolysis) is 1. The maximum Gasteiger partial charge on any atom is 0.408 e. The number of nitrogens with one attached hydrogen (secondary N) is 3. The zero-order valence-corrected chi connectivity index (χ0v) is 23.1. The number of hydrogen-bond acceptors (Lipinski definition) is 5. The minimum absolute atomic E-state index is 0.0146. The Morgan fingerprint density at radius 1 is 1.00 bits per heavy atom. The highest BCUT2D eigenvalue weighted by molar-refractivity contribution is 6.30. The highest BCUT2D eigenvalue weighted by atomic mass is 35.5. The summed E-state index contributed by atoms with van der Waals surface area (Å²) in [6.07, 6.45) is 8.68. The second-order valence-corrected chi connectivity index (χ2v) is 11.8. The van der Waals surface area contributed by atoms with Crippen LogP contribution in [0.3, 0.4) is 0 Å². The van der Waals surface area contributed by atoms with Crippen molar-refractivity contribution in [2.24, 2.45) is 17.8 Å². The molecule has 214 valence electrons. The number of amides is 3. The SMILES string of the molecule is O=C(N[C@@H](CC1CCCCC1)C(=O)N[C@@H](C[C@@H]1CCNC1=O)C(=O)O)OC1CCCC1Cc1cccc(Cl)c1. The standard InChI is InChI=1S/C29H40ClN3O6/c30-22-10-4-8-19(15-22)14-20-9-5-11-25(20)39-29(38)33-23(16-18-6-2-1-3-7-18)27(35)32-24(28(36)37)17-21-12-13-31-26(21)34/h4,8,10,15,18,20-21,23-25H,1-3,5-7,9,11-14,16-17H2,(H,31,34)(H,32,35)(H,33,38)(H,36,37)/t20?,21-,23-,24-,25?/m0/s1. The number of carboxylic acids is 1. The van der Waals surface area contributed by atoms with Gasteiger partial charge in [-0.05, 0) is 68.6 Å². The molecule has 0 spiro atoms. The average molecular weight is 562 g/mol. The molecule has 0 bridgehead atoms. The van der Waals surface area contributed by atoms with Crippen LogP contribution in [0.5, 0.6) is 0 Å². The van der Waals surface area contributed by atoms with Crippen molar-refractivity contribution >= 4 is 35.5 Å². The fourth-order valence-electron chi connectivity index (χ4n) is 6.31. The monoisotopic (exact) mass is 561 g/mol. The Hall–Kier alpha value is -2.81. The molecule has 1 heterocycles. The molecule has 2 unspecified atom stereocenters. The topological polar surface area (TPSA) is 134 Å². The van der Waals surface area contributed by atoms with Crippen LogP contribution in [0.15, 0.2) is 24.3 Å². The largest absolute Gasteiger partial charge is 0.480 e. The van der Waals surface area contributed by atoms with Crippen molar-refractivity contribution in [1.29, 1.82) is 0 Å². The van der Waals surface area contributed by atoms with Crippen LogP contribution in [0.2, 0.25) is 5.02 Å². The molecular formula is C29H40ClN3O6. The third-order valence-corrected chi connectivity index (χ3v) is 8.67. The minimum atomic E-state index is -1.21. The van der Waals surface area contributed by atoms with Crippen LogP contribution in [0.1, 0.15) is 76.2 Å². The first-order chi connectivity index (χ1) is 18.8. The molecule has 4 N–H and O–H groups in total. The summed E-state index contributed by atoms with van der Waals surface area (Å²) in [7, 11) is 0. The van der Waals surface area contributed by atoms with Gasteiger partial charge in [-0.3, -0.25) is 9.59 Å². The second-order valence-electron chi connectivity index (χ2n) is 11.3. The summed E-state index contributed by atoms with van der Waals surface area (Å²) in [6, 6.07) is 5.56. The van der Waals surface area contributed by atoms with Crippen LogP contribution in [0, 0.1) is 17.8 Å². The molecule has 2 saturated carbocycles. The van der Waals surface area contributed by atoms with Gasteiger partial charge in [0.2, 0.25) is 11.8 Å². The summed E-state index contributed by atoms with van der Waals surface area (Å²) in [5.41, 5.74) is 1.09. The second kappa shape index (κ2) is 14.0. The number of benzene rings is 1. The molecule has 10 heteroatoms. The summed E-state index contributed by atoms with van der Waals surface area (Å²) in [6.45, 7) is 0.501. The number of aliphatic carboxylic acids is 1. The lowest BCUT2D eigenvalue weighted by Gasteiger charge is -2.28. The van der Waals surface area contributed by atoms with Gasteiger partial charge < -0.3 is 25.8 Å². The Balaban J connectivity index is 1.38. The third kappa shape index (κ3) is 8.59. The van der Waals surface area contributed by atoms with Crippen molar-refractivity contribution < 1.29 is 29.0 Å². The lowest BCUT2D eigenvalue weighted by Crippen LogP contribution is -2.53. The molecule has 1 aliphatic heterocycles. The summed E-state index contributed by atoms with van der Waals surface area (Å²) in [5.74, 6) is -1.98. The van der Waals surface area contributed by atoms with Crippen LogP contribution in [-0.4, -0.2) is 53.7 Å². The first kappa shape index (κ1) is 29.2. The molecule has 3 fully saturated rings. The van der Waals surface area contributed by atoms with Gasteiger partial charge in [0.25, 0.3) is 0 Å². The zero-order chi connectivity index (χ0) is 27.8. The molecule has 1 aromatic rings. The predicted octanol–water partition coefficient (Wildman–Crippen LogP) is 4.21. The molecule has 3 aliphatic rings. The number of carbonyl (C=O) groups excluding carboxylic acids is 3. The van der Waals surface area contributed by atoms with E-state index in [0.717, 1.165) is 63.4 Å². The molecule has 1 saturated heterocycles. The minimum Gasteiger partial charge on any atom is -0.480 e. The van der Waals surface area contributed by atoms with Gasteiger partial charge in [-0.15, -0.1) is 0 Å². The van der Waals surface area contributed by atoms with E-state index in [1.807, 2.05) is 24.3 Å². The Bertz CT molecular complexity index is 1030. The van der Waals surface area contributed by atoms with Gasteiger partial charge in [-0.1, -0.05) is 55.8 Å². The number of ether oxygens (including phenoxy) is 1. The van der Waals surface area contributed by atoms with E-state index in [4.69, 9.17) is 16.3 Å². The molecule has 0 aromatic heterocycles. The van der Waals surface area contributed by atoms with E-state index in [1.54, 1.807) is 0 Å². The van der Waals surface area contributed by atoms with E-state index < -0.39 is 36.0 Å². The van der Waals surface area contributed by atoms with Crippen molar-refractivity contribution in [1.82, 2.24) is 16.0 Å². The first-order valence-corrected chi connectivity index (χ1v) is 14.7. The van der Waals surface area contributed by atoms with Gasteiger partial charge in [-0.2, -0.15) is 0 Å². The van der Waals surface area contributed by atoms with E-state index in [2.05, 4.69) is 16.0 Å². The highest BCUT2D eigenvalue weighted by Crippen LogP contribution is 2.32. The number of halogens is 1. The molecule has 1 aromatic carbocycles. The molecule has 5 atom stereocenters. The van der Waals surface area contributed by atoms with Gasteiger partial charge >= 0.3 is 12.1 Å². The molecule has 4 rings (SSSR count). The Kier molecular flexibility index (Phi) is 10.5.